The highest BCUT2D eigenvalue weighted by Gasteiger charge is 2.41. The number of ether oxygens (including phenoxy) is 1. The second kappa shape index (κ2) is 10.9. The van der Waals surface area contributed by atoms with Crippen molar-refractivity contribution < 1.29 is 27.1 Å². The number of halogens is 3. The number of aromatic nitrogens is 4. The lowest BCUT2D eigenvalue weighted by molar-refractivity contribution is -0.153. The van der Waals surface area contributed by atoms with Crippen molar-refractivity contribution >= 4 is 28.9 Å². The highest BCUT2D eigenvalue weighted by molar-refractivity contribution is 6.04. The smallest absolute Gasteiger partial charge is 0.436 e. The minimum absolute atomic E-state index is 0.128. The summed E-state index contributed by atoms with van der Waals surface area (Å²) < 4.78 is 50.0. The predicted molar refractivity (Wildman–Crippen MR) is 142 cm³/mol. The number of alkyl halides is 3. The SMILES string of the molecule is Cc1nc(C(=O)Nc2ccc(C)c(Nc3nccc(-c4cncc(N5CCO[C@@H](C)C5)c4)n3)c2)c(C(F)(F)F)o1. The van der Waals surface area contributed by atoms with Gasteiger partial charge in [-0.05, 0) is 43.7 Å². The molecule has 5 rings (SSSR count). The van der Waals surface area contributed by atoms with Crippen LogP contribution in [0.25, 0.3) is 11.3 Å². The van der Waals surface area contributed by atoms with E-state index < -0.39 is 23.5 Å². The third-order valence-electron chi connectivity index (χ3n) is 6.23. The Bertz CT molecular complexity index is 1540. The number of carbonyl (C=O) groups excluding carboxylic acids is 1. The molecule has 0 bridgehead atoms. The molecule has 208 valence electrons. The Labute approximate surface area is 227 Å². The average molecular weight is 554 g/mol. The number of aryl methyl sites for hydroxylation is 2. The molecule has 0 aliphatic carbocycles. The predicted octanol–water partition coefficient (Wildman–Crippen LogP) is 5.38. The van der Waals surface area contributed by atoms with Crippen LogP contribution in [0.2, 0.25) is 0 Å². The van der Waals surface area contributed by atoms with Crippen molar-refractivity contribution in [1.29, 1.82) is 0 Å². The fourth-order valence-corrected chi connectivity index (χ4v) is 4.29. The van der Waals surface area contributed by atoms with Crippen molar-refractivity contribution in [2.75, 3.05) is 35.2 Å². The number of amides is 1. The van der Waals surface area contributed by atoms with Crippen molar-refractivity contribution in [3.63, 3.8) is 0 Å². The third kappa shape index (κ3) is 6.04. The van der Waals surface area contributed by atoms with Crippen LogP contribution in [0.3, 0.4) is 0 Å². The van der Waals surface area contributed by atoms with Gasteiger partial charge in [-0.2, -0.15) is 13.2 Å². The first-order valence-corrected chi connectivity index (χ1v) is 12.5. The van der Waals surface area contributed by atoms with Crippen molar-refractivity contribution in [3.05, 3.63) is 71.8 Å². The highest BCUT2D eigenvalue weighted by Crippen LogP contribution is 2.33. The third-order valence-corrected chi connectivity index (χ3v) is 6.23. The van der Waals surface area contributed by atoms with E-state index in [0.29, 0.717) is 23.9 Å². The van der Waals surface area contributed by atoms with Crippen molar-refractivity contribution in [3.8, 4) is 11.3 Å². The number of hydrogen-bond acceptors (Lipinski definition) is 9. The topological polar surface area (TPSA) is 118 Å². The van der Waals surface area contributed by atoms with Crippen LogP contribution in [0.5, 0.6) is 0 Å². The monoisotopic (exact) mass is 553 g/mol. The Balaban J connectivity index is 1.35. The molecule has 1 atom stereocenters. The molecule has 1 aliphatic rings. The van der Waals surface area contributed by atoms with Crippen LogP contribution >= 0.6 is 0 Å². The van der Waals surface area contributed by atoms with Gasteiger partial charge < -0.3 is 24.7 Å². The molecule has 3 aromatic heterocycles. The first-order valence-electron chi connectivity index (χ1n) is 12.5. The first kappa shape index (κ1) is 27.1. The molecule has 1 saturated heterocycles. The van der Waals surface area contributed by atoms with E-state index in [0.717, 1.165) is 29.9 Å². The summed E-state index contributed by atoms with van der Waals surface area (Å²) in [6.45, 7) is 7.28. The lowest BCUT2D eigenvalue weighted by atomic mass is 10.1. The van der Waals surface area contributed by atoms with Crippen LogP contribution in [-0.2, 0) is 10.9 Å². The summed E-state index contributed by atoms with van der Waals surface area (Å²) in [5.41, 5.74) is 3.19. The quantitative estimate of drug-likeness (QED) is 0.324. The van der Waals surface area contributed by atoms with Gasteiger partial charge in [-0.25, -0.2) is 15.0 Å². The number of benzene rings is 1. The number of nitrogens with zero attached hydrogens (tertiary/aromatic N) is 5. The van der Waals surface area contributed by atoms with Crippen molar-refractivity contribution in [2.45, 2.75) is 33.1 Å². The van der Waals surface area contributed by atoms with Crippen molar-refractivity contribution in [1.82, 2.24) is 19.9 Å². The first-order chi connectivity index (χ1) is 19.1. The molecule has 0 radical (unpaired) electrons. The summed E-state index contributed by atoms with van der Waals surface area (Å²) in [5, 5.41) is 5.58. The molecular formula is C27H26F3N7O3. The van der Waals surface area contributed by atoms with E-state index in [9.17, 15) is 18.0 Å². The summed E-state index contributed by atoms with van der Waals surface area (Å²) in [7, 11) is 0. The Morgan fingerprint density at radius 1 is 1.12 bits per heavy atom. The van der Waals surface area contributed by atoms with Crippen LogP contribution in [0.4, 0.5) is 36.2 Å². The Hall–Kier alpha value is -4.52. The largest absolute Gasteiger partial charge is 0.452 e. The number of nitrogens with one attached hydrogen (secondary N) is 2. The number of pyridine rings is 1. The van der Waals surface area contributed by atoms with E-state index in [1.807, 2.05) is 26.1 Å². The van der Waals surface area contributed by atoms with Crippen LogP contribution in [0, 0.1) is 13.8 Å². The molecule has 10 nitrogen and oxygen atoms in total. The summed E-state index contributed by atoms with van der Waals surface area (Å²) in [4.78, 5) is 31.7. The molecular weight excluding hydrogens is 527 g/mol. The number of oxazole rings is 1. The zero-order chi connectivity index (χ0) is 28.4. The van der Waals surface area contributed by atoms with Gasteiger partial charge in [0.1, 0.15) is 0 Å². The zero-order valence-corrected chi connectivity index (χ0v) is 21.9. The summed E-state index contributed by atoms with van der Waals surface area (Å²) in [5.74, 6) is -2.46. The van der Waals surface area contributed by atoms with Gasteiger partial charge in [-0.15, -0.1) is 0 Å². The molecule has 40 heavy (non-hydrogen) atoms. The zero-order valence-electron chi connectivity index (χ0n) is 21.9. The highest BCUT2D eigenvalue weighted by atomic mass is 19.4. The van der Waals surface area contributed by atoms with Gasteiger partial charge in [0.05, 0.1) is 30.3 Å². The van der Waals surface area contributed by atoms with E-state index >= 15 is 0 Å². The molecule has 0 unspecified atom stereocenters. The Morgan fingerprint density at radius 2 is 1.95 bits per heavy atom. The van der Waals surface area contributed by atoms with Gasteiger partial charge >= 0.3 is 6.18 Å². The van der Waals surface area contributed by atoms with Crippen LogP contribution in [0.1, 0.15) is 34.6 Å². The van der Waals surface area contributed by atoms with Crippen LogP contribution in [0.15, 0.2) is 53.3 Å². The fourth-order valence-electron chi connectivity index (χ4n) is 4.29. The van der Waals surface area contributed by atoms with E-state index in [4.69, 9.17) is 4.74 Å². The average Bonchev–Trinajstić information content (AvgIpc) is 3.33. The molecule has 2 N–H and O–H groups in total. The lowest BCUT2D eigenvalue weighted by Crippen LogP contribution is -2.41. The Kier molecular flexibility index (Phi) is 7.39. The van der Waals surface area contributed by atoms with E-state index in [1.165, 1.54) is 6.92 Å². The Morgan fingerprint density at radius 3 is 2.73 bits per heavy atom. The van der Waals surface area contributed by atoms with Gasteiger partial charge in [0.25, 0.3) is 5.91 Å². The van der Waals surface area contributed by atoms with E-state index in [-0.39, 0.29) is 17.7 Å². The number of rotatable bonds is 6. The second-order valence-corrected chi connectivity index (χ2v) is 9.34. The number of anilines is 4. The molecule has 1 amide bonds. The molecule has 13 heteroatoms. The molecule has 4 aromatic rings. The summed E-state index contributed by atoms with van der Waals surface area (Å²) in [6, 6.07) is 8.64. The van der Waals surface area contributed by atoms with Gasteiger partial charge in [-0.1, -0.05) is 6.07 Å². The van der Waals surface area contributed by atoms with Gasteiger partial charge in [0, 0.05) is 49.3 Å². The second-order valence-electron chi connectivity index (χ2n) is 9.34. The maximum Gasteiger partial charge on any atom is 0.452 e. The normalized spacial score (nSPS) is 15.7. The molecule has 1 fully saturated rings. The minimum atomic E-state index is -4.86. The van der Waals surface area contributed by atoms with Gasteiger partial charge in [-0.3, -0.25) is 9.78 Å². The van der Waals surface area contributed by atoms with Gasteiger partial charge in [0.2, 0.25) is 11.7 Å². The maximum atomic E-state index is 13.3. The molecule has 1 aliphatic heterocycles. The number of morpholine rings is 1. The summed E-state index contributed by atoms with van der Waals surface area (Å²) in [6.07, 6.45) is 0.417. The number of carbonyl (C=O) groups is 1. The minimum Gasteiger partial charge on any atom is -0.436 e. The fraction of sp³-hybridized carbons (Fsp3) is 0.296. The molecule has 4 heterocycles. The molecule has 1 aromatic carbocycles. The van der Waals surface area contributed by atoms with E-state index in [2.05, 4.69) is 39.9 Å². The summed E-state index contributed by atoms with van der Waals surface area (Å²) >= 11 is 0. The van der Waals surface area contributed by atoms with E-state index in [1.54, 1.807) is 36.7 Å². The van der Waals surface area contributed by atoms with Gasteiger partial charge in [0.15, 0.2) is 11.6 Å². The number of hydrogen-bond donors (Lipinski definition) is 2. The van der Waals surface area contributed by atoms with Crippen LogP contribution in [-0.4, -0.2) is 51.6 Å². The molecule has 0 saturated carbocycles. The standard InChI is InChI=1S/C27H26F3N7O3/c1-15-4-5-19(34-25(38)23-24(27(28,29)30)40-17(3)33-23)11-22(15)36-26-32-7-6-21(35-26)18-10-20(13-31-12-18)37-8-9-39-16(2)14-37/h4-7,10-13,16H,8-9,14H2,1-3H3,(H,34,38)(H,32,35,36)/t16-/m0/s1. The van der Waals surface area contributed by atoms with Crippen molar-refractivity contribution in [2.24, 2.45) is 0 Å². The molecule has 0 spiro atoms. The van der Waals surface area contributed by atoms with Crippen LogP contribution < -0.4 is 15.5 Å². The maximum absolute atomic E-state index is 13.3. The lowest BCUT2D eigenvalue weighted by Gasteiger charge is -2.32.